The molecule has 0 unspecified atom stereocenters. The highest BCUT2D eigenvalue weighted by Gasteiger charge is 2.41. The van der Waals surface area contributed by atoms with Gasteiger partial charge in [-0.3, -0.25) is 4.79 Å². The fraction of sp³-hybridized carbons (Fsp3) is 0.0588. The van der Waals surface area contributed by atoms with Crippen LogP contribution in [0.4, 0.5) is 0 Å². The third-order valence-electron chi connectivity index (χ3n) is 7.14. The van der Waals surface area contributed by atoms with Crippen molar-refractivity contribution in [1.82, 2.24) is 9.55 Å². The maximum atomic E-state index is 14.4. The Morgan fingerprint density at radius 2 is 1.11 bits per heavy atom. The van der Waals surface area contributed by atoms with Gasteiger partial charge in [0.1, 0.15) is 11.2 Å². The second-order valence-electron chi connectivity index (χ2n) is 9.21. The number of aryl methyl sites for hydroxylation is 1. The standard InChI is InChI=1S/C34H26N2O/c1-25-32(33(37)31-23-13-15-26-14-11-12-22-30(26)31)36(24-35-25)34(27-16-5-2-6-17-27,28-18-7-3-8-19-28)29-20-9-4-10-21-29/h2-24H,1H3. The Bertz CT molecular complexity index is 1580. The van der Waals surface area contributed by atoms with Gasteiger partial charge in [0.2, 0.25) is 5.78 Å². The molecule has 3 nitrogen and oxygen atoms in total. The number of carbonyl (C=O) groups is 1. The van der Waals surface area contributed by atoms with Gasteiger partial charge in [0, 0.05) is 5.56 Å². The quantitative estimate of drug-likeness (QED) is 0.184. The molecule has 178 valence electrons. The van der Waals surface area contributed by atoms with E-state index in [1.165, 1.54) is 0 Å². The monoisotopic (exact) mass is 478 g/mol. The second-order valence-corrected chi connectivity index (χ2v) is 9.21. The van der Waals surface area contributed by atoms with E-state index in [1.807, 2.05) is 110 Å². The number of aromatic nitrogens is 2. The van der Waals surface area contributed by atoms with Gasteiger partial charge in [-0.15, -0.1) is 0 Å². The van der Waals surface area contributed by atoms with Gasteiger partial charge in [-0.2, -0.15) is 0 Å². The Kier molecular flexibility index (Phi) is 5.74. The van der Waals surface area contributed by atoms with Crippen molar-refractivity contribution in [2.45, 2.75) is 12.5 Å². The minimum atomic E-state index is -0.805. The summed E-state index contributed by atoms with van der Waals surface area (Å²) in [6.45, 7) is 1.92. The van der Waals surface area contributed by atoms with E-state index >= 15 is 0 Å². The smallest absolute Gasteiger partial charge is 0.211 e. The van der Waals surface area contributed by atoms with E-state index in [-0.39, 0.29) is 5.78 Å². The third-order valence-corrected chi connectivity index (χ3v) is 7.14. The number of nitrogens with zero attached hydrogens (tertiary/aromatic N) is 2. The van der Waals surface area contributed by atoms with Crippen molar-refractivity contribution >= 4 is 16.6 Å². The number of imidazole rings is 1. The summed E-state index contributed by atoms with van der Waals surface area (Å²) in [6, 6.07) is 45.0. The Morgan fingerprint density at radius 3 is 1.68 bits per heavy atom. The van der Waals surface area contributed by atoms with Crippen molar-refractivity contribution in [3.8, 4) is 0 Å². The lowest BCUT2D eigenvalue weighted by atomic mass is 9.76. The van der Waals surface area contributed by atoms with Gasteiger partial charge in [0.15, 0.2) is 0 Å². The van der Waals surface area contributed by atoms with Gasteiger partial charge >= 0.3 is 0 Å². The van der Waals surface area contributed by atoms with Crippen molar-refractivity contribution in [1.29, 1.82) is 0 Å². The molecule has 1 heterocycles. The lowest BCUT2D eigenvalue weighted by Gasteiger charge is -2.38. The molecule has 0 atom stereocenters. The van der Waals surface area contributed by atoms with Crippen LogP contribution in [0.3, 0.4) is 0 Å². The van der Waals surface area contributed by atoms with Crippen LogP contribution < -0.4 is 0 Å². The zero-order chi connectivity index (χ0) is 25.2. The molecule has 0 N–H and O–H groups in total. The lowest BCUT2D eigenvalue weighted by Crippen LogP contribution is -2.39. The Labute approximate surface area is 216 Å². The van der Waals surface area contributed by atoms with Gasteiger partial charge < -0.3 is 4.57 Å². The normalized spacial score (nSPS) is 11.5. The van der Waals surface area contributed by atoms with E-state index in [4.69, 9.17) is 4.98 Å². The Balaban J connectivity index is 1.70. The number of carbonyl (C=O) groups excluding carboxylic acids is 1. The number of ketones is 1. The van der Waals surface area contributed by atoms with Gasteiger partial charge in [-0.1, -0.05) is 133 Å². The van der Waals surface area contributed by atoms with Gasteiger partial charge in [-0.05, 0) is 34.4 Å². The average molecular weight is 479 g/mol. The van der Waals surface area contributed by atoms with E-state index in [1.54, 1.807) is 0 Å². The van der Waals surface area contributed by atoms with Crippen molar-refractivity contribution in [3.63, 3.8) is 0 Å². The molecule has 6 rings (SSSR count). The minimum absolute atomic E-state index is 0.0426. The largest absolute Gasteiger partial charge is 0.309 e. The van der Waals surface area contributed by atoms with Crippen molar-refractivity contribution in [2.24, 2.45) is 0 Å². The fourth-order valence-electron chi connectivity index (χ4n) is 5.47. The minimum Gasteiger partial charge on any atom is -0.309 e. The first kappa shape index (κ1) is 22.7. The molecule has 0 saturated heterocycles. The fourth-order valence-corrected chi connectivity index (χ4v) is 5.47. The number of hydrogen-bond acceptors (Lipinski definition) is 2. The molecule has 0 radical (unpaired) electrons. The predicted molar refractivity (Wildman–Crippen MR) is 149 cm³/mol. The molecule has 0 aliphatic carbocycles. The van der Waals surface area contributed by atoms with Gasteiger partial charge in [-0.25, -0.2) is 4.98 Å². The van der Waals surface area contributed by atoms with Crippen LogP contribution in [0, 0.1) is 6.92 Å². The first-order chi connectivity index (χ1) is 18.2. The van der Waals surface area contributed by atoms with Crippen molar-refractivity contribution in [2.75, 3.05) is 0 Å². The number of rotatable bonds is 6. The van der Waals surface area contributed by atoms with E-state index in [0.29, 0.717) is 17.0 Å². The van der Waals surface area contributed by atoms with Crippen LogP contribution >= 0.6 is 0 Å². The number of fused-ring (bicyclic) bond motifs is 1. The summed E-state index contributed by atoms with van der Waals surface area (Å²) in [6.07, 6.45) is 1.82. The average Bonchev–Trinajstić information content (AvgIpc) is 3.36. The SMILES string of the molecule is Cc1ncn(C(c2ccccc2)(c2ccccc2)c2ccccc2)c1C(=O)c1cccc2ccccc12. The molecule has 0 fully saturated rings. The molecule has 6 aromatic rings. The molecular weight excluding hydrogens is 452 g/mol. The van der Waals surface area contributed by atoms with E-state index in [2.05, 4.69) is 41.0 Å². The van der Waals surface area contributed by atoms with Gasteiger partial charge in [0.05, 0.1) is 12.0 Å². The van der Waals surface area contributed by atoms with Crippen LogP contribution in [0.1, 0.15) is 38.4 Å². The second kappa shape index (κ2) is 9.36. The molecule has 3 heteroatoms. The number of hydrogen-bond donors (Lipinski definition) is 0. The van der Waals surface area contributed by atoms with Crippen molar-refractivity contribution in [3.05, 3.63) is 173 Å². The summed E-state index contributed by atoms with van der Waals surface area (Å²) < 4.78 is 2.08. The first-order valence-corrected chi connectivity index (χ1v) is 12.4. The molecule has 0 amide bonds. The van der Waals surface area contributed by atoms with E-state index in [9.17, 15) is 4.79 Å². The zero-order valence-electron chi connectivity index (χ0n) is 20.6. The van der Waals surface area contributed by atoms with Crippen molar-refractivity contribution < 1.29 is 4.79 Å². The molecule has 1 aromatic heterocycles. The summed E-state index contributed by atoms with van der Waals surface area (Å²) >= 11 is 0. The van der Waals surface area contributed by atoms with Crippen LogP contribution in [0.15, 0.2) is 140 Å². The van der Waals surface area contributed by atoms with Crippen LogP contribution in [-0.2, 0) is 5.54 Å². The summed E-state index contributed by atoms with van der Waals surface area (Å²) in [5.41, 5.74) is 4.30. The summed E-state index contributed by atoms with van der Waals surface area (Å²) in [5.74, 6) is -0.0426. The topological polar surface area (TPSA) is 34.9 Å². The highest BCUT2D eigenvalue weighted by atomic mass is 16.1. The van der Waals surface area contributed by atoms with Crippen LogP contribution in [0.5, 0.6) is 0 Å². The van der Waals surface area contributed by atoms with E-state index < -0.39 is 5.54 Å². The molecule has 0 saturated carbocycles. The van der Waals surface area contributed by atoms with Crippen LogP contribution in [0.25, 0.3) is 10.8 Å². The summed E-state index contributed by atoms with van der Waals surface area (Å²) in [5, 5.41) is 1.98. The van der Waals surface area contributed by atoms with Crippen LogP contribution in [-0.4, -0.2) is 15.3 Å². The molecule has 0 bridgehead atoms. The zero-order valence-corrected chi connectivity index (χ0v) is 20.6. The first-order valence-electron chi connectivity index (χ1n) is 12.4. The Hall–Kier alpha value is -4.76. The highest BCUT2D eigenvalue weighted by Crippen LogP contribution is 2.42. The van der Waals surface area contributed by atoms with Crippen LogP contribution in [0.2, 0.25) is 0 Å². The molecule has 0 aliphatic heterocycles. The maximum absolute atomic E-state index is 14.4. The summed E-state index contributed by atoms with van der Waals surface area (Å²) in [7, 11) is 0. The Morgan fingerprint density at radius 1 is 0.622 bits per heavy atom. The maximum Gasteiger partial charge on any atom is 0.211 e. The number of benzene rings is 5. The molecular formula is C34H26N2O. The molecule has 5 aromatic carbocycles. The third kappa shape index (κ3) is 3.68. The predicted octanol–water partition coefficient (Wildman–Crippen LogP) is 7.42. The molecule has 0 aliphatic rings. The highest BCUT2D eigenvalue weighted by molar-refractivity contribution is 6.16. The summed E-state index contributed by atoms with van der Waals surface area (Å²) in [4.78, 5) is 19.2. The van der Waals surface area contributed by atoms with E-state index in [0.717, 1.165) is 27.5 Å². The van der Waals surface area contributed by atoms with Gasteiger partial charge in [0.25, 0.3) is 0 Å². The molecule has 37 heavy (non-hydrogen) atoms. The molecule has 0 spiro atoms. The lowest BCUT2D eigenvalue weighted by molar-refractivity contribution is 0.102.